The fourth-order valence-electron chi connectivity index (χ4n) is 3.21. The second-order valence-corrected chi connectivity index (χ2v) is 6.22. The van der Waals surface area contributed by atoms with Crippen LogP contribution in [0.15, 0.2) is 46.0 Å². The van der Waals surface area contributed by atoms with Gasteiger partial charge in [0, 0.05) is 18.0 Å². The average molecular weight is 361 g/mol. The minimum absolute atomic E-state index is 0.245. The Hall–Kier alpha value is -3.75. The fraction of sp³-hybridized carbons (Fsp3) is 0.167. The van der Waals surface area contributed by atoms with Crippen LogP contribution in [0.3, 0.4) is 0 Å². The molecule has 4 heterocycles. The normalized spacial score (nSPS) is 11.6. The van der Waals surface area contributed by atoms with Crippen LogP contribution in [0.2, 0.25) is 0 Å². The van der Waals surface area contributed by atoms with Gasteiger partial charge in [-0.25, -0.2) is 0 Å². The Morgan fingerprint density at radius 2 is 2.07 bits per heavy atom. The molecule has 0 spiro atoms. The van der Waals surface area contributed by atoms with Crippen LogP contribution in [0.5, 0.6) is 0 Å². The number of hydrogen-bond acceptors (Lipinski definition) is 6. The Bertz CT molecular complexity index is 1360. The summed E-state index contributed by atoms with van der Waals surface area (Å²) in [5.74, 6) is 0.830. The SMILES string of the molecule is CCn1ncc2cc(-c3cc(=O)n4ncc(-c5nc(C)no5)c4[nH]3)ccc21. The molecule has 0 saturated carbocycles. The van der Waals surface area contributed by atoms with Crippen molar-refractivity contribution in [3.63, 3.8) is 0 Å². The highest BCUT2D eigenvalue weighted by atomic mass is 16.5. The Morgan fingerprint density at radius 1 is 1.19 bits per heavy atom. The summed E-state index contributed by atoms with van der Waals surface area (Å²) in [6.07, 6.45) is 3.36. The largest absolute Gasteiger partial charge is 0.339 e. The van der Waals surface area contributed by atoms with Gasteiger partial charge in [0.15, 0.2) is 11.5 Å². The number of aryl methyl sites for hydroxylation is 2. The lowest BCUT2D eigenvalue weighted by Crippen LogP contribution is -2.14. The van der Waals surface area contributed by atoms with E-state index in [0.717, 1.165) is 23.0 Å². The molecule has 0 amide bonds. The molecule has 27 heavy (non-hydrogen) atoms. The molecule has 0 saturated heterocycles. The molecule has 0 aliphatic heterocycles. The Kier molecular flexibility index (Phi) is 3.23. The molecule has 9 nitrogen and oxygen atoms in total. The third-order valence-electron chi connectivity index (χ3n) is 4.51. The second-order valence-electron chi connectivity index (χ2n) is 6.22. The third kappa shape index (κ3) is 2.35. The first-order valence-corrected chi connectivity index (χ1v) is 8.51. The van der Waals surface area contributed by atoms with Crippen molar-refractivity contribution in [2.45, 2.75) is 20.4 Å². The number of aromatic amines is 1. The minimum atomic E-state index is -0.245. The van der Waals surface area contributed by atoms with E-state index < -0.39 is 0 Å². The summed E-state index contributed by atoms with van der Waals surface area (Å²) in [5, 5.41) is 13.3. The molecule has 0 fully saturated rings. The van der Waals surface area contributed by atoms with Gasteiger partial charge in [-0.05, 0) is 31.5 Å². The van der Waals surface area contributed by atoms with E-state index in [0.29, 0.717) is 28.6 Å². The number of nitrogens with one attached hydrogen (secondary N) is 1. The highest BCUT2D eigenvalue weighted by molar-refractivity contribution is 5.84. The highest BCUT2D eigenvalue weighted by Gasteiger charge is 2.16. The van der Waals surface area contributed by atoms with Crippen LogP contribution in [0.1, 0.15) is 12.7 Å². The van der Waals surface area contributed by atoms with Gasteiger partial charge < -0.3 is 9.51 Å². The molecule has 5 aromatic rings. The van der Waals surface area contributed by atoms with Gasteiger partial charge in [-0.15, -0.1) is 0 Å². The van der Waals surface area contributed by atoms with Gasteiger partial charge >= 0.3 is 0 Å². The summed E-state index contributed by atoms with van der Waals surface area (Å²) in [5.41, 5.74) is 3.45. The van der Waals surface area contributed by atoms with E-state index in [1.54, 1.807) is 13.1 Å². The van der Waals surface area contributed by atoms with Crippen molar-refractivity contribution in [2.75, 3.05) is 0 Å². The lowest BCUT2D eigenvalue weighted by Gasteiger charge is -2.05. The molecule has 1 aromatic carbocycles. The summed E-state index contributed by atoms with van der Waals surface area (Å²) in [7, 11) is 0. The van der Waals surface area contributed by atoms with Crippen molar-refractivity contribution >= 4 is 16.6 Å². The molecule has 0 atom stereocenters. The fourth-order valence-corrected chi connectivity index (χ4v) is 3.21. The summed E-state index contributed by atoms with van der Waals surface area (Å²) in [4.78, 5) is 20.0. The summed E-state index contributed by atoms with van der Waals surface area (Å²) in [6, 6.07) is 7.49. The number of H-pyrrole nitrogens is 1. The molecular weight excluding hydrogens is 346 g/mol. The molecule has 4 aromatic heterocycles. The molecule has 1 N–H and O–H groups in total. The molecule has 134 valence electrons. The number of benzene rings is 1. The van der Waals surface area contributed by atoms with Crippen LogP contribution in [0.25, 0.3) is 39.3 Å². The Balaban J connectivity index is 1.70. The van der Waals surface area contributed by atoms with Crippen molar-refractivity contribution in [3.05, 3.63) is 52.8 Å². The molecule has 5 rings (SSSR count). The second kappa shape index (κ2) is 5.63. The standard InChI is InChI=1S/C18H15N7O2/c1-3-24-15-5-4-11(6-12(15)8-19-24)14-7-16(26)25-17(22-14)13(9-20-25)18-21-10(2)23-27-18/h4-9,22H,3H2,1-2H3. The topological polar surface area (TPSA) is 107 Å². The monoisotopic (exact) mass is 361 g/mol. The number of hydrogen-bond donors (Lipinski definition) is 1. The predicted octanol–water partition coefficient (Wildman–Crippen LogP) is 2.42. The van der Waals surface area contributed by atoms with Gasteiger partial charge in [0.1, 0.15) is 5.56 Å². The van der Waals surface area contributed by atoms with E-state index >= 15 is 0 Å². The number of rotatable bonds is 3. The molecular formula is C18H15N7O2. The van der Waals surface area contributed by atoms with Gasteiger partial charge in [0.05, 0.1) is 23.6 Å². The van der Waals surface area contributed by atoms with Crippen LogP contribution >= 0.6 is 0 Å². The number of nitrogens with zero attached hydrogens (tertiary/aromatic N) is 6. The van der Waals surface area contributed by atoms with E-state index in [2.05, 4.69) is 25.3 Å². The van der Waals surface area contributed by atoms with Crippen molar-refractivity contribution in [1.82, 2.24) is 34.5 Å². The maximum atomic E-state index is 12.5. The third-order valence-corrected chi connectivity index (χ3v) is 4.51. The number of aromatic nitrogens is 7. The predicted molar refractivity (Wildman–Crippen MR) is 98.2 cm³/mol. The lowest BCUT2D eigenvalue weighted by molar-refractivity contribution is 0.426. The van der Waals surface area contributed by atoms with Crippen LogP contribution in [-0.2, 0) is 6.54 Å². The Morgan fingerprint density at radius 3 is 2.85 bits per heavy atom. The summed E-state index contributed by atoms with van der Waals surface area (Å²) in [6.45, 7) is 4.58. The first-order chi connectivity index (χ1) is 13.1. The van der Waals surface area contributed by atoms with Crippen molar-refractivity contribution in [2.24, 2.45) is 0 Å². The first-order valence-electron chi connectivity index (χ1n) is 8.51. The van der Waals surface area contributed by atoms with Gasteiger partial charge in [-0.1, -0.05) is 11.2 Å². The van der Waals surface area contributed by atoms with Crippen LogP contribution in [-0.4, -0.2) is 34.5 Å². The van der Waals surface area contributed by atoms with Gasteiger partial charge in [0.25, 0.3) is 11.4 Å². The molecule has 0 bridgehead atoms. The molecule has 9 heteroatoms. The zero-order chi connectivity index (χ0) is 18.5. The zero-order valence-electron chi connectivity index (χ0n) is 14.7. The van der Waals surface area contributed by atoms with Crippen molar-refractivity contribution < 1.29 is 4.52 Å². The van der Waals surface area contributed by atoms with Crippen molar-refractivity contribution in [1.29, 1.82) is 0 Å². The first kappa shape index (κ1) is 15.5. The van der Waals surface area contributed by atoms with Gasteiger partial charge in [0.2, 0.25) is 0 Å². The van der Waals surface area contributed by atoms with E-state index in [1.807, 2.05) is 36.0 Å². The number of fused-ring (bicyclic) bond motifs is 2. The van der Waals surface area contributed by atoms with E-state index in [1.165, 1.54) is 10.6 Å². The van der Waals surface area contributed by atoms with E-state index in [9.17, 15) is 4.79 Å². The maximum Gasteiger partial charge on any atom is 0.274 e. The smallest absolute Gasteiger partial charge is 0.274 e. The lowest BCUT2D eigenvalue weighted by atomic mass is 10.1. The van der Waals surface area contributed by atoms with Gasteiger partial charge in [-0.3, -0.25) is 9.48 Å². The quantitative estimate of drug-likeness (QED) is 0.529. The van der Waals surface area contributed by atoms with Crippen LogP contribution in [0.4, 0.5) is 0 Å². The minimum Gasteiger partial charge on any atom is -0.339 e. The summed E-state index contributed by atoms with van der Waals surface area (Å²) < 4.78 is 8.44. The average Bonchev–Trinajstić information content (AvgIpc) is 3.38. The van der Waals surface area contributed by atoms with Gasteiger partial charge in [-0.2, -0.15) is 19.7 Å². The van der Waals surface area contributed by atoms with E-state index in [4.69, 9.17) is 4.52 Å². The molecule has 0 aliphatic rings. The van der Waals surface area contributed by atoms with Crippen LogP contribution in [0, 0.1) is 6.92 Å². The maximum absolute atomic E-state index is 12.5. The van der Waals surface area contributed by atoms with Crippen molar-refractivity contribution in [3.8, 4) is 22.7 Å². The molecule has 0 aliphatic carbocycles. The zero-order valence-corrected chi connectivity index (χ0v) is 14.7. The summed E-state index contributed by atoms with van der Waals surface area (Å²) >= 11 is 0. The molecule has 0 unspecified atom stereocenters. The van der Waals surface area contributed by atoms with Crippen LogP contribution < -0.4 is 5.56 Å². The highest BCUT2D eigenvalue weighted by Crippen LogP contribution is 2.25. The van der Waals surface area contributed by atoms with E-state index in [-0.39, 0.29) is 5.56 Å². The molecule has 0 radical (unpaired) electrons. The Labute approximate surface area is 152 Å².